The van der Waals surface area contributed by atoms with Gasteiger partial charge in [0.15, 0.2) is 11.5 Å². The van der Waals surface area contributed by atoms with Crippen molar-refractivity contribution in [2.24, 2.45) is 0 Å². The van der Waals surface area contributed by atoms with Crippen LogP contribution < -0.4 is 14.4 Å². The van der Waals surface area contributed by atoms with Gasteiger partial charge >= 0.3 is 0 Å². The fourth-order valence-electron chi connectivity index (χ4n) is 3.73. The van der Waals surface area contributed by atoms with Crippen molar-refractivity contribution in [2.45, 2.75) is 13.8 Å². The minimum Gasteiger partial charge on any atom is -0.454 e. The Hall–Kier alpha value is -3.32. The second-order valence-corrected chi connectivity index (χ2v) is 7.17. The SMILES string of the molecule is Cc1ccc(C2=C(N(C)CCO)C(=O)N(c3ccc4c(c3)OCO4)C2=O)c(C)c1. The summed E-state index contributed by atoms with van der Waals surface area (Å²) >= 11 is 0. The number of fused-ring (bicyclic) bond motifs is 1. The van der Waals surface area contributed by atoms with Gasteiger partial charge in [0.05, 0.1) is 17.9 Å². The zero-order valence-electron chi connectivity index (χ0n) is 16.6. The molecule has 2 heterocycles. The van der Waals surface area contributed by atoms with Gasteiger partial charge < -0.3 is 19.5 Å². The largest absolute Gasteiger partial charge is 0.454 e. The maximum Gasteiger partial charge on any atom is 0.282 e. The molecule has 7 heteroatoms. The summed E-state index contributed by atoms with van der Waals surface area (Å²) in [5, 5.41) is 9.38. The summed E-state index contributed by atoms with van der Waals surface area (Å²) in [4.78, 5) is 29.6. The van der Waals surface area contributed by atoms with Crippen molar-refractivity contribution in [3.8, 4) is 11.5 Å². The van der Waals surface area contributed by atoms with E-state index in [1.807, 2.05) is 32.0 Å². The summed E-state index contributed by atoms with van der Waals surface area (Å²) in [5.74, 6) is 0.238. The summed E-state index contributed by atoms with van der Waals surface area (Å²) in [7, 11) is 1.70. The molecule has 0 bridgehead atoms. The Morgan fingerprint density at radius 1 is 1.03 bits per heavy atom. The van der Waals surface area contributed by atoms with Crippen LogP contribution in [0.25, 0.3) is 5.57 Å². The minimum absolute atomic E-state index is 0.108. The van der Waals surface area contributed by atoms with Crippen molar-refractivity contribution in [1.29, 1.82) is 0 Å². The van der Waals surface area contributed by atoms with Gasteiger partial charge in [0, 0.05) is 19.7 Å². The van der Waals surface area contributed by atoms with Crippen molar-refractivity contribution in [2.75, 3.05) is 31.9 Å². The first-order valence-corrected chi connectivity index (χ1v) is 9.34. The Kier molecular flexibility index (Phi) is 4.76. The number of likely N-dealkylation sites (N-methyl/N-ethyl adjacent to an activating group) is 1. The van der Waals surface area contributed by atoms with E-state index in [2.05, 4.69) is 0 Å². The van der Waals surface area contributed by atoms with Crippen molar-refractivity contribution in [3.63, 3.8) is 0 Å². The maximum atomic E-state index is 13.5. The Bertz CT molecular complexity index is 1040. The van der Waals surface area contributed by atoms with Gasteiger partial charge in [-0.1, -0.05) is 23.8 Å². The lowest BCUT2D eigenvalue weighted by Crippen LogP contribution is -2.34. The number of ether oxygens (including phenoxy) is 2. The van der Waals surface area contributed by atoms with Crippen LogP contribution in [0.2, 0.25) is 0 Å². The van der Waals surface area contributed by atoms with E-state index in [0.717, 1.165) is 16.0 Å². The maximum absolute atomic E-state index is 13.5. The first kappa shape index (κ1) is 19.0. The molecule has 0 saturated carbocycles. The van der Waals surface area contributed by atoms with Crippen molar-refractivity contribution >= 4 is 23.1 Å². The lowest BCUT2D eigenvalue weighted by molar-refractivity contribution is -0.120. The molecule has 0 atom stereocenters. The van der Waals surface area contributed by atoms with Crippen LogP contribution in [0.4, 0.5) is 5.69 Å². The number of nitrogens with zero attached hydrogens (tertiary/aromatic N) is 2. The van der Waals surface area contributed by atoms with Gasteiger partial charge in [-0.05, 0) is 37.1 Å². The van der Waals surface area contributed by atoms with Crippen LogP contribution in [-0.4, -0.2) is 48.8 Å². The highest BCUT2D eigenvalue weighted by Gasteiger charge is 2.42. The van der Waals surface area contributed by atoms with Crippen molar-refractivity contribution in [3.05, 3.63) is 58.8 Å². The Morgan fingerprint density at radius 3 is 2.52 bits per heavy atom. The summed E-state index contributed by atoms with van der Waals surface area (Å²) < 4.78 is 10.7. The number of amides is 2. The average Bonchev–Trinajstić information content (AvgIpc) is 3.23. The highest BCUT2D eigenvalue weighted by Crippen LogP contribution is 2.40. The Morgan fingerprint density at radius 2 is 1.79 bits per heavy atom. The molecule has 29 heavy (non-hydrogen) atoms. The standard InChI is InChI=1S/C22H22N2O5/c1-13-4-6-16(14(2)10-13)19-20(23(3)8-9-25)22(27)24(21(19)26)15-5-7-17-18(11-15)29-12-28-17/h4-7,10-11,25H,8-9,12H2,1-3H3. The topological polar surface area (TPSA) is 79.3 Å². The lowest BCUT2D eigenvalue weighted by atomic mass is 9.97. The first-order valence-electron chi connectivity index (χ1n) is 9.34. The van der Waals surface area contributed by atoms with E-state index < -0.39 is 11.8 Å². The molecular formula is C22H22N2O5. The second-order valence-electron chi connectivity index (χ2n) is 7.17. The molecule has 2 aromatic carbocycles. The van der Waals surface area contributed by atoms with Crippen LogP contribution in [-0.2, 0) is 9.59 Å². The monoisotopic (exact) mass is 394 g/mol. The molecule has 4 rings (SSSR count). The van der Waals surface area contributed by atoms with Gasteiger partial charge in [-0.25, -0.2) is 4.90 Å². The number of anilines is 1. The normalized spacial score (nSPS) is 15.5. The summed E-state index contributed by atoms with van der Waals surface area (Å²) in [5.41, 5.74) is 3.70. The Balaban J connectivity index is 1.83. The van der Waals surface area contributed by atoms with Crippen LogP contribution >= 0.6 is 0 Å². The van der Waals surface area contributed by atoms with Crippen LogP contribution in [0.1, 0.15) is 16.7 Å². The lowest BCUT2D eigenvalue weighted by Gasteiger charge is -2.20. The zero-order valence-corrected chi connectivity index (χ0v) is 16.6. The summed E-state index contributed by atoms with van der Waals surface area (Å²) in [6, 6.07) is 10.7. The third-order valence-corrected chi connectivity index (χ3v) is 5.14. The molecule has 0 saturated heterocycles. The van der Waals surface area contributed by atoms with E-state index in [9.17, 15) is 14.7 Å². The van der Waals surface area contributed by atoms with E-state index in [-0.39, 0.29) is 25.6 Å². The van der Waals surface area contributed by atoms with E-state index in [1.54, 1.807) is 30.1 Å². The van der Waals surface area contributed by atoms with Crippen molar-refractivity contribution in [1.82, 2.24) is 4.90 Å². The number of imide groups is 1. The summed E-state index contributed by atoms with van der Waals surface area (Å²) in [6.45, 7) is 4.10. The molecule has 0 radical (unpaired) electrons. The first-order chi connectivity index (χ1) is 13.9. The Labute approximate surface area is 168 Å². The van der Waals surface area contributed by atoms with Gasteiger partial charge in [0.1, 0.15) is 5.70 Å². The zero-order chi connectivity index (χ0) is 20.7. The number of carbonyl (C=O) groups is 2. The number of benzene rings is 2. The molecule has 2 amide bonds. The third kappa shape index (κ3) is 3.13. The van der Waals surface area contributed by atoms with Gasteiger partial charge in [0.25, 0.3) is 11.8 Å². The van der Waals surface area contributed by atoms with Gasteiger partial charge in [-0.3, -0.25) is 9.59 Å². The number of aryl methyl sites for hydroxylation is 2. The molecule has 2 aliphatic rings. The van der Waals surface area contributed by atoms with E-state index in [1.165, 1.54) is 0 Å². The predicted molar refractivity (Wildman–Crippen MR) is 108 cm³/mol. The molecule has 150 valence electrons. The highest BCUT2D eigenvalue weighted by molar-refractivity contribution is 6.45. The average molecular weight is 394 g/mol. The molecule has 0 spiro atoms. The van der Waals surface area contributed by atoms with Gasteiger partial charge in [-0.15, -0.1) is 0 Å². The number of aliphatic hydroxyl groups is 1. The van der Waals surface area contributed by atoms with Crippen LogP contribution in [0, 0.1) is 13.8 Å². The molecule has 0 unspecified atom stereocenters. The number of hydrogen-bond donors (Lipinski definition) is 1. The molecular weight excluding hydrogens is 372 g/mol. The second kappa shape index (κ2) is 7.25. The van der Waals surface area contributed by atoms with Crippen molar-refractivity contribution < 1.29 is 24.2 Å². The highest BCUT2D eigenvalue weighted by atomic mass is 16.7. The molecule has 1 N–H and O–H groups in total. The van der Waals surface area contributed by atoms with E-state index in [0.29, 0.717) is 28.3 Å². The van der Waals surface area contributed by atoms with E-state index in [4.69, 9.17) is 9.47 Å². The number of aliphatic hydroxyl groups excluding tert-OH is 1. The molecule has 0 aromatic heterocycles. The minimum atomic E-state index is -0.431. The van der Waals surface area contributed by atoms with Crippen LogP contribution in [0.15, 0.2) is 42.1 Å². The number of hydrogen-bond acceptors (Lipinski definition) is 6. The van der Waals surface area contributed by atoms with E-state index >= 15 is 0 Å². The molecule has 0 fully saturated rings. The van der Waals surface area contributed by atoms with Gasteiger partial charge in [0.2, 0.25) is 6.79 Å². The predicted octanol–water partition coefficient (Wildman–Crippen LogP) is 2.24. The molecule has 0 aliphatic carbocycles. The fraction of sp³-hybridized carbons (Fsp3) is 0.273. The van der Waals surface area contributed by atoms with Crippen LogP contribution in [0.5, 0.6) is 11.5 Å². The smallest absolute Gasteiger partial charge is 0.282 e. The molecule has 2 aromatic rings. The summed E-state index contributed by atoms with van der Waals surface area (Å²) in [6.07, 6.45) is 0. The number of rotatable bonds is 5. The third-order valence-electron chi connectivity index (χ3n) is 5.14. The van der Waals surface area contributed by atoms with Crippen LogP contribution in [0.3, 0.4) is 0 Å². The molecule has 2 aliphatic heterocycles. The fourth-order valence-corrected chi connectivity index (χ4v) is 3.73. The molecule has 7 nitrogen and oxygen atoms in total. The van der Waals surface area contributed by atoms with Gasteiger partial charge in [-0.2, -0.15) is 0 Å². The quantitative estimate of drug-likeness (QED) is 0.784. The number of carbonyl (C=O) groups excluding carboxylic acids is 2.